The summed E-state index contributed by atoms with van der Waals surface area (Å²) in [5.41, 5.74) is 4.90. The van der Waals surface area contributed by atoms with Crippen LogP contribution in [0.15, 0.2) is 0 Å². The van der Waals surface area contributed by atoms with Gasteiger partial charge < -0.3 is 4.74 Å². The first-order valence-electron chi connectivity index (χ1n) is 4.94. The molecule has 0 atom stereocenters. The zero-order chi connectivity index (χ0) is 10.6. The third kappa shape index (κ3) is 8.99. The van der Waals surface area contributed by atoms with E-state index >= 15 is 0 Å². The number of ether oxygens (including phenoxy) is 1. The van der Waals surface area contributed by atoms with Gasteiger partial charge in [-0.25, -0.2) is 10.2 Å². The lowest BCUT2D eigenvalue weighted by molar-refractivity contribution is -0.123. The molecule has 0 spiro atoms. The van der Waals surface area contributed by atoms with Gasteiger partial charge in [-0.15, -0.1) is 0 Å². The lowest BCUT2D eigenvalue weighted by Gasteiger charge is -2.04. The van der Waals surface area contributed by atoms with Crippen LogP contribution in [0.25, 0.3) is 0 Å². The minimum absolute atomic E-state index is 0.0955. The molecule has 0 saturated heterocycles. The molecule has 1 amide bonds. The molecular weight excluding hydrogens is 184 g/mol. The Hall–Kier alpha value is -1.10. The lowest BCUT2D eigenvalue weighted by Crippen LogP contribution is -2.38. The molecule has 0 unspecified atom stereocenters. The maximum atomic E-state index is 10.6. The van der Waals surface area contributed by atoms with E-state index in [1.165, 1.54) is 19.3 Å². The van der Waals surface area contributed by atoms with Crippen LogP contribution in [0.3, 0.4) is 0 Å². The number of hydrogen-bond donors (Lipinski definition) is 2. The molecule has 0 aliphatic carbocycles. The number of hydrogen-bond acceptors (Lipinski definition) is 4. The lowest BCUT2D eigenvalue weighted by atomic mass is 10.2. The van der Waals surface area contributed by atoms with Crippen molar-refractivity contribution >= 4 is 12.6 Å². The maximum absolute atomic E-state index is 10.6. The molecule has 0 aliphatic rings. The summed E-state index contributed by atoms with van der Waals surface area (Å²) in [4.78, 5) is 20.3. The summed E-state index contributed by atoms with van der Waals surface area (Å²) in [5.74, 6) is 0. The van der Waals surface area contributed by atoms with Crippen LogP contribution in [0.1, 0.15) is 39.0 Å². The minimum atomic E-state index is -0.770. The predicted octanol–water partition coefficient (Wildman–Crippen LogP) is 1.34. The second-order valence-corrected chi connectivity index (χ2v) is 2.97. The molecule has 0 radical (unpaired) electrons. The fraction of sp³-hybridized carbons (Fsp3) is 0.778. The molecule has 0 aliphatic heterocycles. The van der Waals surface area contributed by atoms with E-state index in [4.69, 9.17) is 0 Å². The van der Waals surface area contributed by atoms with Crippen molar-refractivity contribution in [2.45, 2.75) is 39.0 Å². The molecule has 82 valence electrons. The third-order valence-corrected chi connectivity index (χ3v) is 1.75. The van der Waals surface area contributed by atoms with Crippen molar-refractivity contribution in [1.82, 2.24) is 10.9 Å². The molecule has 0 bridgehead atoms. The van der Waals surface area contributed by atoms with Crippen LogP contribution in [-0.2, 0) is 9.53 Å². The number of carbonyl (C=O) groups is 2. The Kier molecular flexibility index (Phi) is 9.20. The van der Waals surface area contributed by atoms with E-state index in [0.29, 0.717) is 6.54 Å². The number of hydrazine groups is 1. The second-order valence-electron chi connectivity index (χ2n) is 2.97. The highest BCUT2D eigenvalue weighted by Crippen LogP contribution is 2.00. The van der Waals surface area contributed by atoms with Gasteiger partial charge in [0, 0.05) is 6.54 Å². The van der Waals surface area contributed by atoms with Gasteiger partial charge in [0.15, 0.2) is 0 Å². The maximum Gasteiger partial charge on any atom is 0.429 e. The van der Waals surface area contributed by atoms with Gasteiger partial charge in [0.2, 0.25) is 0 Å². The van der Waals surface area contributed by atoms with Gasteiger partial charge in [0.25, 0.3) is 0 Å². The Morgan fingerprint density at radius 1 is 1.29 bits per heavy atom. The summed E-state index contributed by atoms with van der Waals surface area (Å²) >= 11 is 0. The van der Waals surface area contributed by atoms with Crippen molar-refractivity contribution in [1.29, 1.82) is 0 Å². The number of amides is 1. The standard InChI is InChI=1S/C9H18N2O3/c1-2-3-4-5-6-7-10-11-9(13)14-8-12/h8,10H,2-7H2,1H3,(H,11,13). The molecule has 0 aromatic carbocycles. The summed E-state index contributed by atoms with van der Waals surface area (Å²) in [6, 6.07) is 0. The van der Waals surface area contributed by atoms with Gasteiger partial charge in [0.1, 0.15) is 0 Å². The van der Waals surface area contributed by atoms with Gasteiger partial charge in [-0.2, -0.15) is 0 Å². The highest BCUT2D eigenvalue weighted by atomic mass is 16.6. The van der Waals surface area contributed by atoms with Crippen molar-refractivity contribution < 1.29 is 14.3 Å². The molecule has 5 nitrogen and oxygen atoms in total. The Bertz CT molecular complexity index is 162. The molecule has 2 N–H and O–H groups in total. The van der Waals surface area contributed by atoms with Crippen LogP contribution in [0.4, 0.5) is 4.79 Å². The number of rotatable bonds is 8. The fourth-order valence-corrected chi connectivity index (χ4v) is 1.02. The van der Waals surface area contributed by atoms with Gasteiger partial charge in [0.05, 0.1) is 0 Å². The van der Waals surface area contributed by atoms with Crippen LogP contribution in [0.2, 0.25) is 0 Å². The van der Waals surface area contributed by atoms with Gasteiger partial charge in [-0.3, -0.25) is 10.2 Å². The Morgan fingerprint density at radius 3 is 2.64 bits per heavy atom. The monoisotopic (exact) mass is 202 g/mol. The average molecular weight is 202 g/mol. The van der Waals surface area contributed by atoms with Crippen LogP contribution in [0.5, 0.6) is 0 Å². The fourth-order valence-electron chi connectivity index (χ4n) is 1.02. The first kappa shape index (κ1) is 12.9. The highest BCUT2D eigenvalue weighted by Gasteiger charge is 1.97. The summed E-state index contributed by atoms with van der Waals surface area (Å²) in [7, 11) is 0. The Labute approximate surface area is 84.2 Å². The Balaban J connectivity index is 3.05. The zero-order valence-electron chi connectivity index (χ0n) is 8.54. The van der Waals surface area contributed by atoms with Crippen molar-refractivity contribution in [3.8, 4) is 0 Å². The molecule has 0 aromatic heterocycles. The van der Waals surface area contributed by atoms with E-state index in [-0.39, 0.29) is 6.47 Å². The molecule has 5 heteroatoms. The summed E-state index contributed by atoms with van der Waals surface area (Å²) in [5, 5.41) is 0. The van der Waals surface area contributed by atoms with E-state index < -0.39 is 6.09 Å². The van der Waals surface area contributed by atoms with Gasteiger partial charge in [-0.05, 0) is 6.42 Å². The summed E-state index contributed by atoms with van der Waals surface area (Å²) in [6.07, 6.45) is 5.07. The SMILES string of the molecule is CCCCCCCNNC(=O)OC=O. The smallest absolute Gasteiger partial charge is 0.378 e. The molecule has 0 rings (SSSR count). The van der Waals surface area contributed by atoms with Crippen molar-refractivity contribution in [3.63, 3.8) is 0 Å². The van der Waals surface area contributed by atoms with Crippen molar-refractivity contribution in [2.75, 3.05) is 6.54 Å². The van der Waals surface area contributed by atoms with E-state index in [9.17, 15) is 9.59 Å². The molecule has 0 fully saturated rings. The number of carbonyl (C=O) groups excluding carboxylic acids is 2. The third-order valence-electron chi connectivity index (χ3n) is 1.75. The predicted molar refractivity (Wildman–Crippen MR) is 52.4 cm³/mol. The van der Waals surface area contributed by atoms with E-state index in [0.717, 1.165) is 12.8 Å². The van der Waals surface area contributed by atoms with E-state index in [2.05, 4.69) is 22.5 Å². The van der Waals surface area contributed by atoms with Crippen LogP contribution >= 0.6 is 0 Å². The quantitative estimate of drug-likeness (QED) is 0.270. The van der Waals surface area contributed by atoms with Crippen LogP contribution < -0.4 is 10.9 Å². The summed E-state index contributed by atoms with van der Waals surface area (Å²) < 4.78 is 3.99. The normalized spacial score (nSPS) is 9.50. The average Bonchev–Trinajstić information content (AvgIpc) is 2.17. The molecule has 14 heavy (non-hydrogen) atoms. The van der Waals surface area contributed by atoms with Crippen molar-refractivity contribution in [2.24, 2.45) is 0 Å². The van der Waals surface area contributed by atoms with Gasteiger partial charge in [-0.1, -0.05) is 32.6 Å². The van der Waals surface area contributed by atoms with E-state index in [1.807, 2.05) is 0 Å². The molecular formula is C9H18N2O3. The van der Waals surface area contributed by atoms with Crippen LogP contribution in [-0.4, -0.2) is 19.1 Å². The first-order chi connectivity index (χ1) is 6.81. The second kappa shape index (κ2) is 9.98. The topological polar surface area (TPSA) is 67.4 Å². The molecule has 0 saturated carbocycles. The van der Waals surface area contributed by atoms with Crippen molar-refractivity contribution in [3.05, 3.63) is 0 Å². The number of unbranched alkanes of at least 4 members (excludes halogenated alkanes) is 4. The van der Waals surface area contributed by atoms with Crippen LogP contribution in [0, 0.1) is 0 Å². The number of nitrogens with one attached hydrogen (secondary N) is 2. The van der Waals surface area contributed by atoms with E-state index in [1.54, 1.807) is 0 Å². The van der Waals surface area contributed by atoms with Gasteiger partial charge >= 0.3 is 12.6 Å². The molecule has 0 heterocycles. The minimum Gasteiger partial charge on any atom is -0.378 e. The highest BCUT2D eigenvalue weighted by molar-refractivity contribution is 5.73. The molecule has 0 aromatic rings. The largest absolute Gasteiger partial charge is 0.429 e. The summed E-state index contributed by atoms with van der Waals surface area (Å²) in [6.45, 7) is 2.95. The Morgan fingerprint density at radius 2 is 2.00 bits per heavy atom. The first-order valence-corrected chi connectivity index (χ1v) is 4.94. The zero-order valence-corrected chi connectivity index (χ0v) is 8.54.